The minimum absolute atomic E-state index is 0.248. The molecule has 0 aliphatic heterocycles. The Labute approximate surface area is 195 Å². The van der Waals surface area contributed by atoms with Crippen LogP contribution in [-0.2, 0) is 11.3 Å². The fraction of sp³-hybridized carbons (Fsp3) is 0.154. The second-order valence-corrected chi connectivity index (χ2v) is 8.25. The zero-order chi connectivity index (χ0) is 23.2. The van der Waals surface area contributed by atoms with Crippen LogP contribution in [0.5, 0.6) is 11.5 Å². The van der Waals surface area contributed by atoms with Gasteiger partial charge in [-0.05, 0) is 66.9 Å². The minimum atomic E-state index is -0.374. The number of ether oxygens (including phenoxy) is 3. The van der Waals surface area contributed by atoms with Gasteiger partial charge < -0.3 is 19.5 Å². The predicted octanol–water partition coefficient (Wildman–Crippen LogP) is 5.92. The maximum Gasteiger partial charge on any atom is 0.348 e. The Kier molecular flexibility index (Phi) is 6.90. The summed E-state index contributed by atoms with van der Waals surface area (Å²) in [7, 11) is 1.36. The number of hydrogen-bond acceptors (Lipinski definition) is 6. The molecule has 4 rings (SSSR count). The summed E-state index contributed by atoms with van der Waals surface area (Å²) in [5.41, 5.74) is 1.91. The molecule has 0 saturated heterocycles. The van der Waals surface area contributed by atoms with Crippen molar-refractivity contribution in [1.29, 1.82) is 0 Å². The molecular formula is C26H23NO5S. The Bertz CT molecular complexity index is 1280. The van der Waals surface area contributed by atoms with Gasteiger partial charge in [0.15, 0.2) is 0 Å². The maximum atomic E-state index is 12.9. The van der Waals surface area contributed by atoms with Crippen LogP contribution in [0.2, 0.25) is 0 Å². The van der Waals surface area contributed by atoms with Crippen molar-refractivity contribution in [2.24, 2.45) is 0 Å². The van der Waals surface area contributed by atoms with Gasteiger partial charge in [0, 0.05) is 21.5 Å². The SMILES string of the molecule is CCOc1ccc(C(=O)Nc2ccc3sc(C(=O)OC)cc3c2)cc1COc1ccccc1. The number of methoxy groups -OCH3 is 1. The summed E-state index contributed by atoms with van der Waals surface area (Å²) in [4.78, 5) is 25.2. The van der Waals surface area contributed by atoms with Crippen LogP contribution in [-0.4, -0.2) is 25.6 Å². The normalized spacial score (nSPS) is 10.6. The van der Waals surface area contributed by atoms with Crippen molar-refractivity contribution >= 4 is 39.0 Å². The van der Waals surface area contributed by atoms with E-state index in [0.29, 0.717) is 28.5 Å². The van der Waals surface area contributed by atoms with E-state index in [1.165, 1.54) is 18.4 Å². The second-order valence-electron chi connectivity index (χ2n) is 7.17. The Balaban J connectivity index is 1.52. The van der Waals surface area contributed by atoms with Crippen LogP contribution in [0.1, 0.15) is 32.5 Å². The lowest BCUT2D eigenvalue weighted by Crippen LogP contribution is -2.13. The van der Waals surface area contributed by atoms with Gasteiger partial charge in [0.2, 0.25) is 0 Å². The van der Waals surface area contributed by atoms with E-state index < -0.39 is 0 Å². The molecular weight excluding hydrogens is 438 g/mol. The van der Waals surface area contributed by atoms with Crippen LogP contribution in [0.4, 0.5) is 5.69 Å². The molecule has 0 radical (unpaired) electrons. The molecule has 4 aromatic rings. The third kappa shape index (κ3) is 5.32. The van der Waals surface area contributed by atoms with Crippen molar-refractivity contribution in [2.45, 2.75) is 13.5 Å². The number of esters is 1. The van der Waals surface area contributed by atoms with Gasteiger partial charge in [-0.25, -0.2) is 4.79 Å². The number of anilines is 1. The Morgan fingerprint density at radius 3 is 2.52 bits per heavy atom. The molecule has 0 fully saturated rings. The first-order valence-electron chi connectivity index (χ1n) is 10.4. The zero-order valence-electron chi connectivity index (χ0n) is 18.3. The maximum absolute atomic E-state index is 12.9. The monoisotopic (exact) mass is 461 g/mol. The molecule has 0 saturated carbocycles. The van der Waals surface area contributed by atoms with Crippen LogP contribution in [0.15, 0.2) is 72.8 Å². The summed E-state index contributed by atoms with van der Waals surface area (Å²) in [5.74, 6) is 0.799. The van der Waals surface area contributed by atoms with Crippen LogP contribution < -0.4 is 14.8 Å². The number of para-hydroxylation sites is 1. The van der Waals surface area contributed by atoms with Gasteiger partial charge >= 0.3 is 5.97 Å². The molecule has 1 N–H and O–H groups in total. The van der Waals surface area contributed by atoms with E-state index in [-0.39, 0.29) is 18.5 Å². The molecule has 1 amide bonds. The van der Waals surface area contributed by atoms with Gasteiger partial charge in [0.1, 0.15) is 23.0 Å². The smallest absolute Gasteiger partial charge is 0.348 e. The van der Waals surface area contributed by atoms with Crippen molar-refractivity contribution in [3.05, 3.63) is 88.8 Å². The molecule has 168 valence electrons. The third-order valence-electron chi connectivity index (χ3n) is 4.92. The number of thiophene rings is 1. The van der Waals surface area contributed by atoms with E-state index >= 15 is 0 Å². The van der Waals surface area contributed by atoms with Gasteiger partial charge in [0.25, 0.3) is 5.91 Å². The largest absolute Gasteiger partial charge is 0.493 e. The minimum Gasteiger partial charge on any atom is -0.493 e. The summed E-state index contributed by atoms with van der Waals surface area (Å²) in [6.45, 7) is 2.70. The molecule has 1 aromatic heterocycles. The topological polar surface area (TPSA) is 73.9 Å². The highest BCUT2D eigenvalue weighted by Gasteiger charge is 2.14. The molecule has 0 aliphatic carbocycles. The van der Waals surface area contributed by atoms with Crippen LogP contribution in [0.3, 0.4) is 0 Å². The number of amides is 1. The lowest BCUT2D eigenvalue weighted by molar-refractivity contribution is 0.0606. The number of fused-ring (bicyclic) bond motifs is 1. The number of carbonyl (C=O) groups excluding carboxylic acids is 2. The lowest BCUT2D eigenvalue weighted by atomic mass is 10.1. The third-order valence-corrected chi connectivity index (χ3v) is 6.02. The lowest BCUT2D eigenvalue weighted by Gasteiger charge is -2.13. The van der Waals surface area contributed by atoms with Crippen molar-refractivity contribution in [3.63, 3.8) is 0 Å². The number of benzene rings is 3. The Hall–Kier alpha value is -3.84. The zero-order valence-corrected chi connectivity index (χ0v) is 19.1. The molecule has 3 aromatic carbocycles. The Morgan fingerprint density at radius 1 is 0.939 bits per heavy atom. The molecule has 6 nitrogen and oxygen atoms in total. The van der Waals surface area contributed by atoms with Crippen LogP contribution >= 0.6 is 11.3 Å². The van der Waals surface area contributed by atoms with E-state index in [2.05, 4.69) is 5.32 Å². The van der Waals surface area contributed by atoms with E-state index in [1.807, 2.05) is 55.5 Å². The van der Waals surface area contributed by atoms with Gasteiger partial charge in [-0.3, -0.25) is 4.79 Å². The van der Waals surface area contributed by atoms with E-state index in [0.717, 1.165) is 21.4 Å². The van der Waals surface area contributed by atoms with Crippen molar-refractivity contribution < 1.29 is 23.8 Å². The molecule has 0 atom stereocenters. The summed E-state index contributed by atoms with van der Waals surface area (Å²) < 4.78 is 17.3. The first kappa shape index (κ1) is 22.4. The molecule has 0 aliphatic rings. The molecule has 1 heterocycles. The standard InChI is InChI=1S/C26H23NO5S/c1-3-31-22-11-9-17(13-19(22)16-32-21-7-5-4-6-8-21)25(28)27-20-10-12-23-18(14-20)15-24(33-23)26(29)30-2/h4-15H,3,16H2,1-2H3,(H,27,28). The quantitative estimate of drug-likeness (QED) is 0.330. The summed E-state index contributed by atoms with van der Waals surface area (Å²) in [6.07, 6.45) is 0. The summed E-state index contributed by atoms with van der Waals surface area (Å²) in [6, 6.07) is 22.1. The molecule has 33 heavy (non-hydrogen) atoms. The average molecular weight is 462 g/mol. The molecule has 0 bridgehead atoms. The van der Waals surface area contributed by atoms with E-state index in [4.69, 9.17) is 14.2 Å². The highest BCUT2D eigenvalue weighted by Crippen LogP contribution is 2.29. The van der Waals surface area contributed by atoms with Gasteiger partial charge in [-0.1, -0.05) is 18.2 Å². The van der Waals surface area contributed by atoms with Crippen LogP contribution in [0.25, 0.3) is 10.1 Å². The number of carbonyl (C=O) groups is 2. The fourth-order valence-electron chi connectivity index (χ4n) is 3.33. The van der Waals surface area contributed by atoms with E-state index in [9.17, 15) is 9.59 Å². The van der Waals surface area contributed by atoms with Crippen molar-refractivity contribution in [2.75, 3.05) is 19.0 Å². The molecule has 7 heteroatoms. The summed E-state index contributed by atoms with van der Waals surface area (Å²) in [5, 5.41) is 3.79. The number of rotatable bonds is 8. The second kappa shape index (κ2) is 10.2. The highest BCUT2D eigenvalue weighted by atomic mass is 32.1. The van der Waals surface area contributed by atoms with Gasteiger partial charge in [-0.15, -0.1) is 11.3 Å². The summed E-state index contributed by atoms with van der Waals surface area (Å²) >= 11 is 1.35. The first-order chi connectivity index (χ1) is 16.1. The van der Waals surface area contributed by atoms with Gasteiger partial charge in [0.05, 0.1) is 13.7 Å². The van der Waals surface area contributed by atoms with Gasteiger partial charge in [-0.2, -0.15) is 0 Å². The number of nitrogens with one attached hydrogen (secondary N) is 1. The predicted molar refractivity (Wildman–Crippen MR) is 130 cm³/mol. The van der Waals surface area contributed by atoms with Crippen LogP contribution in [0, 0.1) is 0 Å². The highest BCUT2D eigenvalue weighted by molar-refractivity contribution is 7.20. The van der Waals surface area contributed by atoms with E-state index in [1.54, 1.807) is 24.3 Å². The Morgan fingerprint density at radius 2 is 1.76 bits per heavy atom. The average Bonchev–Trinajstić information content (AvgIpc) is 3.27. The first-order valence-corrected chi connectivity index (χ1v) is 11.3. The number of hydrogen-bond donors (Lipinski definition) is 1. The molecule has 0 unspecified atom stereocenters. The van der Waals surface area contributed by atoms with Crippen molar-refractivity contribution in [3.8, 4) is 11.5 Å². The molecule has 0 spiro atoms. The fourth-order valence-corrected chi connectivity index (χ4v) is 4.29. The van der Waals surface area contributed by atoms with Crippen molar-refractivity contribution in [1.82, 2.24) is 0 Å².